The van der Waals surface area contributed by atoms with Gasteiger partial charge in [-0.05, 0) is 163 Å². The van der Waals surface area contributed by atoms with Gasteiger partial charge in [-0.3, -0.25) is 0 Å². The van der Waals surface area contributed by atoms with E-state index in [4.69, 9.17) is 39.1 Å². The summed E-state index contributed by atoms with van der Waals surface area (Å²) < 4.78 is 0. The van der Waals surface area contributed by atoms with Gasteiger partial charge in [0.1, 0.15) is 22.4 Å². The maximum absolute atomic E-state index is 6.39. The molecule has 0 unspecified atom stereocenters. The highest BCUT2D eigenvalue weighted by molar-refractivity contribution is 5.49. The van der Waals surface area contributed by atoms with Crippen LogP contribution in [0.5, 0.6) is 0 Å². The Hall–Kier alpha value is -0.840. The van der Waals surface area contributed by atoms with Gasteiger partial charge >= 0.3 is 0 Å². The fraction of sp³-hybridized carbons (Fsp3) is 0.889. The van der Waals surface area contributed by atoms with Crippen molar-refractivity contribution in [3.63, 3.8) is 0 Å². The third kappa shape index (κ3) is 10.6. The maximum atomic E-state index is 6.39. The Bertz CT molecular complexity index is 986. The van der Waals surface area contributed by atoms with Crippen molar-refractivity contribution < 1.29 is 39.1 Å². The molecule has 260 valence electrons. The lowest BCUT2D eigenvalue weighted by Gasteiger charge is -2.57. The van der Waals surface area contributed by atoms with Crippen molar-refractivity contribution in [2.24, 2.45) is 10.8 Å². The van der Waals surface area contributed by atoms with Gasteiger partial charge in [-0.25, -0.2) is 39.1 Å². The van der Waals surface area contributed by atoms with Gasteiger partial charge in [0.15, 0.2) is 0 Å². The van der Waals surface area contributed by atoms with E-state index in [0.29, 0.717) is 0 Å². The average Bonchev–Trinajstić information content (AvgIpc) is 2.78. The molecule has 0 aromatic rings. The van der Waals surface area contributed by atoms with Crippen LogP contribution in [0.3, 0.4) is 0 Å². The first kappa shape index (κ1) is 41.2. The van der Waals surface area contributed by atoms with Gasteiger partial charge in [-0.15, -0.1) is 0 Å². The van der Waals surface area contributed by atoms with Gasteiger partial charge < -0.3 is 0 Å². The fourth-order valence-electron chi connectivity index (χ4n) is 4.80. The maximum Gasteiger partial charge on any atom is 0.120 e. The SMILES string of the molecule is CC(C)(C)OOC(C)(C)C1=CC(C)(C(C)(C)OOC(C)(C)C)C=C(C(C)(C)OOC(C)(C)C)C1(C)C(C)(C)OOC(C)(C)C. The molecule has 0 radical (unpaired) electrons. The van der Waals surface area contributed by atoms with E-state index in [1.165, 1.54) is 0 Å². The average molecular weight is 629 g/mol. The van der Waals surface area contributed by atoms with Crippen molar-refractivity contribution >= 4 is 0 Å². The third-order valence-electron chi connectivity index (χ3n) is 7.76. The molecule has 0 amide bonds. The topological polar surface area (TPSA) is 73.8 Å². The normalized spacial score (nSPS) is 23.5. The second-order valence-electron chi connectivity index (χ2n) is 18.7. The van der Waals surface area contributed by atoms with Crippen LogP contribution in [0.15, 0.2) is 23.3 Å². The molecule has 0 aliphatic heterocycles. The first-order chi connectivity index (χ1) is 19.0. The summed E-state index contributed by atoms with van der Waals surface area (Å²) >= 11 is 0. The molecule has 0 saturated carbocycles. The van der Waals surface area contributed by atoms with Crippen LogP contribution in [0.25, 0.3) is 0 Å². The number of hydrogen-bond donors (Lipinski definition) is 0. The van der Waals surface area contributed by atoms with E-state index >= 15 is 0 Å². The van der Waals surface area contributed by atoms with Crippen molar-refractivity contribution in [2.45, 2.75) is 197 Å². The molecule has 0 N–H and O–H groups in total. The smallest absolute Gasteiger partial charge is 0.120 e. The second kappa shape index (κ2) is 12.6. The van der Waals surface area contributed by atoms with Crippen LogP contribution in [-0.4, -0.2) is 44.8 Å². The van der Waals surface area contributed by atoms with Crippen molar-refractivity contribution in [2.75, 3.05) is 0 Å². The van der Waals surface area contributed by atoms with E-state index in [1.54, 1.807) is 0 Å². The van der Waals surface area contributed by atoms with Crippen LogP contribution in [0.1, 0.15) is 152 Å². The van der Waals surface area contributed by atoms with E-state index in [-0.39, 0.29) is 0 Å². The minimum atomic E-state index is -0.951. The van der Waals surface area contributed by atoms with E-state index in [0.717, 1.165) is 11.1 Å². The lowest BCUT2D eigenvalue weighted by Crippen LogP contribution is -2.59. The molecule has 0 aromatic heterocycles. The van der Waals surface area contributed by atoms with Gasteiger partial charge in [0.2, 0.25) is 0 Å². The molecule has 1 rings (SSSR count). The fourth-order valence-corrected chi connectivity index (χ4v) is 4.80. The van der Waals surface area contributed by atoms with Crippen LogP contribution in [0.4, 0.5) is 0 Å². The summed E-state index contributed by atoms with van der Waals surface area (Å²) in [7, 11) is 0. The van der Waals surface area contributed by atoms with E-state index in [1.807, 2.05) is 138 Å². The zero-order valence-electron chi connectivity index (χ0n) is 32.4. The van der Waals surface area contributed by atoms with Crippen molar-refractivity contribution in [3.05, 3.63) is 23.3 Å². The third-order valence-corrected chi connectivity index (χ3v) is 7.76. The Morgan fingerprint density at radius 3 is 0.886 bits per heavy atom. The highest BCUT2D eigenvalue weighted by Crippen LogP contribution is 2.61. The Labute approximate surface area is 270 Å². The molecule has 0 atom stereocenters. The summed E-state index contributed by atoms with van der Waals surface area (Å²) in [5, 5.41) is 0. The minimum Gasteiger partial charge on any atom is -0.230 e. The molecule has 44 heavy (non-hydrogen) atoms. The Kier molecular flexibility index (Phi) is 11.8. The van der Waals surface area contributed by atoms with E-state index < -0.39 is 55.6 Å². The molecular weight excluding hydrogens is 560 g/mol. The zero-order valence-corrected chi connectivity index (χ0v) is 32.4. The largest absolute Gasteiger partial charge is 0.230 e. The van der Waals surface area contributed by atoms with Crippen LogP contribution < -0.4 is 0 Å². The van der Waals surface area contributed by atoms with Crippen LogP contribution >= 0.6 is 0 Å². The molecule has 0 aromatic carbocycles. The molecule has 8 heteroatoms. The summed E-state index contributed by atoms with van der Waals surface area (Å²) in [5.74, 6) is 0. The zero-order chi connectivity index (χ0) is 35.2. The lowest BCUT2D eigenvalue weighted by atomic mass is 9.52. The molecule has 0 saturated heterocycles. The van der Waals surface area contributed by atoms with Gasteiger partial charge in [-0.1, -0.05) is 12.2 Å². The van der Waals surface area contributed by atoms with Gasteiger partial charge in [0, 0.05) is 10.8 Å². The highest BCUT2D eigenvalue weighted by Gasteiger charge is 2.61. The first-order valence-electron chi connectivity index (χ1n) is 16.0. The summed E-state index contributed by atoms with van der Waals surface area (Å²) in [6.07, 6.45) is 4.41. The molecule has 0 heterocycles. The van der Waals surface area contributed by atoms with Crippen molar-refractivity contribution in [1.82, 2.24) is 0 Å². The minimum absolute atomic E-state index is 0.512. The van der Waals surface area contributed by atoms with Gasteiger partial charge in [0.25, 0.3) is 0 Å². The van der Waals surface area contributed by atoms with Gasteiger partial charge in [-0.2, -0.15) is 0 Å². The number of hydrogen-bond acceptors (Lipinski definition) is 8. The summed E-state index contributed by atoms with van der Waals surface area (Å²) in [5.41, 5.74) is -5.65. The monoisotopic (exact) mass is 628 g/mol. The summed E-state index contributed by atoms with van der Waals surface area (Å²) in [6, 6.07) is 0. The van der Waals surface area contributed by atoms with Crippen molar-refractivity contribution in [1.29, 1.82) is 0 Å². The molecule has 1 aliphatic rings. The predicted molar refractivity (Wildman–Crippen MR) is 176 cm³/mol. The van der Waals surface area contributed by atoms with Crippen LogP contribution in [0.2, 0.25) is 0 Å². The Balaban J connectivity index is 4.20. The van der Waals surface area contributed by atoms with Crippen LogP contribution in [0, 0.1) is 10.8 Å². The molecule has 0 fully saturated rings. The van der Waals surface area contributed by atoms with E-state index in [2.05, 4.69) is 26.0 Å². The molecule has 1 aliphatic carbocycles. The molecule has 0 bridgehead atoms. The first-order valence-corrected chi connectivity index (χ1v) is 16.0. The van der Waals surface area contributed by atoms with Crippen molar-refractivity contribution in [3.8, 4) is 0 Å². The molecule has 8 nitrogen and oxygen atoms in total. The highest BCUT2D eigenvalue weighted by atomic mass is 17.2. The Morgan fingerprint density at radius 2 is 0.614 bits per heavy atom. The standard InChI is InChI=1S/C36H68O8/c1-27(2,3)37-41-31(13,14)25-23-35(21,33(17,18)43-39-29(7,8)9)24-26(32(15,16)42-38-28(4,5)6)36(25,22)34(19,20)44-40-30(10,11)12/h23-24H,1-22H3. The van der Waals surface area contributed by atoms with Gasteiger partial charge in [0.05, 0.1) is 22.4 Å². The summed E-state index contributed by atoms with van der Waals surface area (Å²) in [6.45, 7) is 43.9. The number of rotatable bonds is 12. The molecular formula is C36H68O8. The van der Waals surface area contributed by atoms with Crippen LogP contribution in [-0.2, 0) is 39.1 Å². The molecule has 0 spiro atoms. The van der Waals surface area contributed by atoms with E-state index in [9.17, 15) is 0 Å². The summed E-state index contributed by atoms with van der Waals surface area (Å²) in [4.78, 5) is 49.2. The Morgan fingerprint density at radius 1 is 0.364 bits per heavy atom. The lowest BCUT2D eigenvalue weighted by molar-refractivity contribution is -0.423. The predicted octanol–water partition coefficient (Wildman–Crippen LogP) is 9.97. The second-order valence-corrected chi connectivity index (χ2v) is 18.7. The quantitative estimate of drug-likeness (QED) is 0.120.